The molecule has 2 nitrogen and oxygen atoms in total. The van der Waals surface area contributed by atoms with Crippen LogP contribution in [-0.2, 0) is 12.6 Å². The molecule has 0 spiro atoms. The maximum absolute atomic E-state index is 12.5. The van der Waals surface area contributed by atoms with Crippen LogP contribution in [0.15, 0.2) is 24.3 Å². The fourth-order valence-corrected chi connectivity index (χ4v) is 2.97. The predicted octanol–water partition coefficient (Wildman–Crippen LogP) is 4.08. The van der Waals surface area contributed by atoms with Gasteiger partial charge in [-0.2, -0.15) is 13.2 Å². The van der Waals surface area contributed by atoms with Crippen LogP contribution >= 0.6 is 11.3 Å². The Bertz CT molecular complexity index is 587. The summed E-state index contributed by atoms with van der Waals surface area (Å²) in [6, 6.07) is 4.44. The van der Waals surface area contributed by atoms with Gasteiger partial charge in [0.25, 0.3) is 0 Å². The second kappa shape index (κ2) is 5.54. The van der Waals surface area contributed by atoms with Crippen molar-refractivity contribution in [3.05, 3.63) is 51.0 Å². The molecule has 0 radical (unpaired) electrons. The maximum Gasteiger partial charge on any atom is 0.416 e. The summed E-state index contributed by atoms with van der Waals surface area (Å²) in [5.41, 5.74) is 7.04. The van der Waals surface area contributed by atoms with Crippen LogP contribution < -0.4 is 5.73 Å². The van der Waals surface area contributed by atoms with Crippen molar-refractivity contribution in [3.63, 3.8) is 0 Å². The summed E-state index contributed by atoms with van der Waals surface area (Å²) >= 11 is 1.49. The van der Waals surface area contributed by atoms with Crippen LogP contribution in [0.2, 0.25) is 0 Å². The molecule has 1 heterocycles. The van der Waals surface area contributed by atoms with E-state index in [1.54, 1.807) is 0 Å². The number of aromatic nitrogens is 1. The Hall–Kier alpha value is -1.40. The largest absolute Gasteiger partial charge is 0.416 e. The van der Waals surface area contributed by atoms with Crippen LogP contribution in [0.25, 0.3) is 0 Å². The number of nitrogens with zero attached hydrogens (tertiary/aromatic N) is 1. The molecule has 1 atom stereocenters. The van der Waals surface area contributed by atoms with Crippen molar-refractivity contribution < 1.29 is 13.2 Å². The third kappa shape index (κ3) is 3.02. The number of halogens is 3. The third-order valence-corrected chi connectivity index (χ3v) is 4.20. The number of nitrogens with two attached hydrogens (primary N) is 1. The van der Waals surface area contributed by atoms with Crippen molar-refractivity contribution >= 4 is 11.3 Å². The number of alkyl halides is 3. The van der Waals surface area contributed by atoms with Gasteiger partial charge in [-0.05, 0) is 31.0 Å². The minimum absolute atomic E-state index is 0.485. The molecule has 0 fully saturated rings. The molecule has 0 aliphatic heterocycles. The molecule has 2 aromatic rings. The summed E-state index contributed by atoms with van der Waals surface area (Å²) in [7, 11) is 0. The van der Waals surface area contributed by atoms with E-state index in [0.29, 0.717) is 5.56 Å². The van der Waals surface area contributed by atoms with Gasteiger partial charge in [-0.25, -0.2) is 4.98 Å². The molecular formula is C14H15F3N2S. The lowest BCUT2D eigenvalue weighted by Crippen LogP contribution is -2.12. The van der Waals surface area contributed by atoms with Crippen LogP contribution in [0.3, 0.4) is 0 Å². The van der Waals surface area contributed by atoms with Gasteiger partial charge in [-0.15, -0.1) is 11.3 Å². The first-order chi connectivity index (χ1) is 9.32. The van der Waals surface area contributed by atoms with Gasteiger partial charge in [0.1, 0.15) is 5.01 Å². The molecule has 2 N–H and O–H groups in total. The normalized spacial score (nSPS) is 13.5. The molecule has 108 valence electrons. The Morgan fingerprint density at radius 3 is 2.30 bits per heavy atom. The van der Waals surface area contributed by atoms with Gasteiger partial charge in [0.15, 0.2) is 0 Å². The Labute approximate surface area is 119 Å². The molecule has 1 unspecified atom stereocenters. The Morgan fingerprint density at radius 2 is 1.85 bits per heavy atom. The Balaban J connectivity index is 2.26. The van der Waals surface area contributed by atoms with Crippen LogP contribution in [0.5, 0.6) is 0 Å². The molecule has 1 aromatic carbocycles. The molecule has 0 aliphatic rings. The number of thiazole rings is 1. The second-order valence-corrected chi connectivity index (χ2v) is 5.74. The van der Waals surface area contributed by atoms with Gasteiger partial charge >= 0.3 is 6.18 Å². The van der Waals surface area contributed by atoms with E-state index in [1.165, 1.54) is 23.5 Å². The molecule has 6 heteroatoms. The number of benzene rings is 1. The van der Waals surface area contributed by atoms with Crippen molar-refractivity contribution in [2.75, 3.05) is 0 Å². The first-order valence-electron chi connectivity index (χ1n) is 6.22. The minimum Gasteiger partial charge on any atom is -0.318 e. The fraction of sp³-hybridized carbons (Fsp3) is 0.357. The predicted molar refractivity (Wildman–Crippen MR) is 73.7 cm³/mol. The molecule has 0 saturated heterocycles. The van der Waals surface area contributed by atoms with Crippen LogP contribution in [0, 0.1) is 6.92 Å². The highest BCUT2D eigenvalue weighted by molar-refractivity contribution is 7.11. The summed E-state index contributed by atoms with van der Waals surface area (Å²) in [6.45, 7) is 3.98. The van der Waals surface area contributed by atoms with Crippen molar-refractivity contribution in [1.82, 2.24) is 4.98 Å². The van der Waals surface area contributed by atoms with Crippen molar-refractivity contribution in [2.24, 2.45) is 5.73 Å². The average molecular weight is 300 g/mol. The maximum atomic E-state index is 12.5. The van der Waals surface area contributed by atoms with E-state index < -0.39 is 17.8 Å². The van der Waals surface area contributed by atoms with E-state index in [1.807, 2.05) is 13.8 Å². The van der Waals surface area contributed by atoms with E-state index in [-0.39, 0.29) is 0 Å². The van der Waals surface area contributed by atoms with Gasteiger partial charge < -0.3 is 5.73 Å². The van der Waals surface area contributed by atoms with Gasteiger partial charge in [0, 0.05) is 4.88 Å². The van der Waals surface area contributed by atoms with E-state index in [9.17, 15) is 13.2 Å². The number of hydrogen-bond acceptors (Lipinski definition) is 3. The zero-order valence-electron chi connectivity index (χ0n) is 11.2. The summed E-state index contributed by atoms with van der Waals surface area (Å²) in [4.78, 5) is 5.55. The molecule has 0 amide bonds. The standard InChI is InChI=1S/C14H15F3N2S/c1-3-11-8(2)20-13(19-11)12(18)9-4-6-10(7-5-9)14(15,16)17/h4-7,12H,3,18H2,1-2H3. The van der Waals surface area contributed by atoms with Crippen molar-refractivity contribution in [2.45, 2.75) is 32.5 Å². The topological polar surface area (TPSA) is 38.9 Å². The lowest BCUT2D eigenvalue weighted by molar-refractivity contribution is -0.137. The van der Waals surface area contributed by atoms with E-state index >= 15 is 0 Å². The number of hydrogen-bond donors (Lipinski definition) is 1. The Morgan fingerprint density at radius 1 is 1.25 bits per heavy atom. The van der Waals surface area contributed by atoms with Crippen molar-refractivity contribution in [1.29, 1.82) is 0 Å². The highest BCUT2D eigenvalue weighted by atomic mass is 32.1. The Kier molecular flexibility index (Phi) is 4.15. The van der Waals surface area contributed by atoms with Crippen LogP contribution in [-0.4, -0.2) is 4.98 Å². The quantitative estimate of drug-likeness (QED) is 0.927. The summed E-state index contributed by atoms with van der Waals surface area (Å²) in [5.74, 6) is 0. The molecule has 2 rings (SSSR count). The lowest BCUT2D eigenvalue weighted by Gasteiger charge is -2.11. The molecule has 0 saturated carbocycles. The molecular weight excluding hydrogens is 285 g/mol. The third-order valence-electron chi connectivity index (χ3n) is 3.11. The van der Waals surface area contributed by atoms with E-state index in [2.05, 4.69) is 4.98 Å². The zero-order chi connectivity index (χ0) is 14.9. The monoisotopic (exact) mass is 300 g/mol. The van der Waals surface area contributed by atoms with Gasteiger partial charge in [-0.1, -0.05) is 19.1 Å². The molecule has 1 aromatic heterocycles. The van der Waals surface area contributed by atoms with Gasteiger partial charge in [0.05, 0.1) is 17.3 Å². The van der Waals surface area contributed by atoms with E-state index in [4.69, 9.17) is 5.73 Å². The average Bonchev–Trinajstić information content (AvgIpc) is 2.78. The first-order valence-corrected chi connectivity index (χ1v) is 7.03. The highest BCUT2D eigenvalue weighted by Gasteiger charge is 2.30. The smallest absolute Gasteiger partial charge is 0.318 e. The first kappa shape index (κ1) is 15.0. The van der Waals surface area contributed by atoms with Crippen LogP contribution in [0.1, 0.15) is 39.7 Å². The summed E-state index contributed by atoms with van der Waals surface area (Å²) in [5, 5.41) is 0.735. The molecule has 20 heavy (non-hydrogen) atoms. The SMILES string of the molecule is CCc1nc(C(N)c2ccc(C(F)(F)F)cc2)sc1C. The van der Waals surface area contributed by atoms with Crippen LogP contribution in [0.4, 0.5) is 13.2 Å². The number of aryl methyl sites for hydroxylation is 2. The second-order valence-electron chi connectivity index (χ2n) is 4.51. The van der Waals surface area contributed by atoms with Crippen molar-refractivity contribution in [3.8, 4) is 0 Å². The molecule has 0 aliphatic carbocycles. The zero-order valence-corrected chi connectivity index (χ0v) is 12.0. The summed E-state index contributed by atoms with van der Waals surface area (Å²) < 4.78 is 37.5. The summed E-state index contributed by atoms with van der Waals surface area (Å²) in [6.07, 6.45) is -3.50. The van der Waals surface area contributed by atoms with E-state index in [0.717, 1.165) is 34.1 Å². The highest BCUT2D eigenvalue weighted by Crippen LogP contribution is 2.31. The fourth-order valence-electron chi connectivity index (χ4n) is 1.93. The number of rotatable bonds is 3. The molecule has 0 bridgehead atoms. The lowest BCUT2D eigenvalue weighted by atomic mass is 10.1. The van der Waals surface area contributed by atoms with Gasteiger partial charge in [-0.3, -0.25) is 0 Å². The minimum atomic E-state index is -4.32. The van der Waals surface area contributed by atoms with Gasteiger partial charge in [0.2, 0.25) is 0 Å².